The van der Waals surface area contributed by atoms with Gasteiger partial charge in [-0.25, -0.2) is 0 Å². The summed E-state index contributed by atoms with van der Waals surface area (Å²) in [5, 5.41) is 2.90. The first kappa shape index (κ1) is 15.9. The van der Waals surface area contributed by atoms with Gasteiger partial charge in [-0.15, -0.1) is 0 Å². The summed E-state index contributed by atoms with van der Waals surface area (Å²) in [6, 6.07) is 14.8. The van der Waals surface area contributed by atoms with Crippen LogP contribution in [0.15, 0.2) is 48.5 Å². The Morgan fingerprint density at radius 1 is 1.18 bits per heavy atom. The van der Waals surface area contributed by atoms with Crippen LogP contribution in [0, 0.1) is 5.92 Å². The van der Waals surface area contributed by atoms with Crippen LogP contribution >= 0.6 is 0 Å². The number of nitrogen functional groups attached to an aromatic ring is 1. The summed E-state index contributed by atoms with van der Waals surface area (Å²) in [5.41, 5.74) is 7.96. The maximum atomic E-state index is 12.2. The molecule has 0 aliphatic heterocycles. The monoisotopic (exact) mass is 298 g/mol. The van der Waals surface area contributed by atoms with Crippen molar-refractivity contribution in [1.29, 1.82) is 0 Å². The number of carbonyl (C=O) groups excluding carboxylic acids is 1. The van der Waals surface area contributed by atoms with Crippen LogP contribution in [0.5, 0.6) is 5.75 Å². The van der Waals surface area contributed by atoms with E-state index in [9.17, 15) is 4.79 Å². The van der Waals surface area contributed by atoms with Crippen molar-refractivity contribution in [2.24, 2.45) is 5.92 Å². The molecule has 0 aliphatic carbocycles. The van der Waals surface area contributed by atoms with Gasteiger partial charge in [-0.05, 0) is 35.7 Å². The summed E-state index contributed by atoms with van der Waals surface area (Å²) in [4.78, 5) is 12.2. The van der Waals surface area contributed by atoms with E-state index in [0.717, 1.165) is 5.56 Å². The quantitative estimate of drug-likeness (QED) is 0.802. The molecule has 1 amide bonds. The van der Waals surface area contributed by atoms with E-state index in [1.807, 2.05) is 36.4 Å². The number of hydrogen-bond acceptors (Lipinski definition) is 3. The second-order valence-corrected chi connectivity index (χ2v) is 5.67. The lowest BCUT2D eigenvalue weighted by Gasteiger charge is -2.14. The Bertz CT molecular complexity index is 638. The molecule has 0 bridgehead atoms. The van der Waals surface area contributed by atoms with E-state index in [2.05, 4.69) is 19.2 Å². The number of para-hydroxylation sites is 2. The van der Waals surface area contributed by atoms with Crippen molar-refractivity contribution in [2.45, 2.75) is 20.3 Å². The molecule has 22 heavy (non-hydrogen) atoms. The Balaban J connectivity index is 2.02. The number of hydrogen-bond donors (Lipinski definition) is 2. The van der Waals surface area contributed by atoms with Gasteiger partial charge >= 0.3 is 0 Å². The molecule has 4 nitrogen and oxygen atoms in total. The van der Waals surface area contributed by atoms with Gasteiger partial charge in [-0.1, -0.05) is 38.1 Å². The van der Waals surface area contributed by atoms with Crippen molar-refractivity contribution in [3.63, 3.8) is 0 Å². The molecular weight excluding hydrogens is 276 g/mol. The Hall–Kier alpha value is -2.49. The lowest BCUT2D eigenvalue weighted by molar-refractivity contribution is -0.115. The van der Waals surface area contributed by atoms with Crippen LogP contribution in [-0.2, 0) is 11.2 Å². The molecule has 0 aliphatic rings. The summed E-state index contributed by atoms with van der Waals surface area (Å²) in [7, 11) is 0. The van der Waals surface area contributed by atoms with Gasteiger partial charge in [-0.2, -0.15) is 0 Å². The number of rotatable bonds is 6. The van der Waals surface area contributed by atoms with Gasteiger partial charge in [0.05, 0.1) is 18.7 Å². The summed E-state index contributed by atoms with van der Waals surface area (Å²) in [5.74, 6) is 1.03. The summed E-state index contributed by atoms with van der Waals surface area (Å²) < 4.78 is 5.73. The van der Waals surface area contributed by atoms with Gasteiger partial charge in [0.1, 0.15) is 5.75 Å². The second kappa shape index (κ2) is 7.50. The molecule has 116 valence electrons. The van der Waals surface area contributed by atoms with Gasteiger partial charge in [0.2, 0.25) is 5.91 Å². The first-order valence-corrected chi connectivity index (χ1v) is 7.40. The van der Waals surface area contributed by atoms with Crippen molar-refractivity contribution in [1.82, 2.24) is 0 Å². The van der Waals surface area contributed by atoms with Crippen LogP contribution in [0.2, 0.25) is 0 Å². The molecule has 0 radical (unpaired) electrons. The predicted molar refractivity (Wildman–Crippen MR) is 90.0 cm³/mol. The second-order valence-electron chi connectivity index (χ2n) is 5.67. The third kappa shape index (κ3) is 4.81. The molecule has 0 fully saturated rings. The first-order chi connectivity index (χ1) is 10.5. The van der Waals surface area contributed by atoms with Crippen molar-refractivity contribution < 1.29 is 9.53 Å². The van der Waals surface area contributed by atoms with E-state index in [1.54, 1.807) is 12.1 Å². The fraction of sp³-hybridized carbons (Fsp3) is 0.278. The van der Waals surface area contributed by atoms with Crippen molar-refractivity contribution >= 4 is 17.3 Å². The van der Waals surface area contributed by atoms with Crippen LogP contribution in [0.25, 0.3) is 0 Å². The lowest BCUT2D eigenvalue weighted by Crippen LogP contribution is -2.16. The van der Waals surface area contributed by atoms with E-state index in [0.29, 0.717) is 29.6 Å². The Morgan fingerprint density at radius 3 is 2.68 bits per heavy atom. The highest BCUT2D eigenvalue weighted by atomic mass is 16.5. The van der Waals surface area contributed by atoms with Gasteiger partial charge in [0.15, 0.2) is 0 Å². The minimum absolute atomic E-state index is 0.0915. The Morgan fingerprint density at radius 2 is 1.95 bits per heavy atom. The van der Waals surface area contributed by atoms with Crippen LogP contribution in [0.3, 0.4) is 0 Å². The maximum Gasteiger partial charge on any atom is 0.228 e. The zero-order chi connectivity index (χ0) is 15.9. The maximum absolute atomic E-state index is 12.2. The SMILES string of the molecule is CC(C)COc1ccccc1NC(=O)Cc1cccc(N)c1. The molecule has 0 unspecified atom stereocenters. The van der Waals surface area contributed by atoms with Gasteiger partial charge < -0.3 is 15.8 Å². The minimum Gasteiger partial charge on any atom is -0.491 e. The van der Waals surface area contributed by atoms with Crippen molar-refractivity contribution in [2.75, 3.05) is 17.7 Å². The fourth-order valence-electron chi connectivity index (χ4n) is 2.04. The van der Waals surface area contributed by atoms with Crippen LogP contribution < -0.4 is 15.8 Å². The van der Waals surface area contributed by atoms with Crippen LogP contribution in [-0.4, -0.2) is 12.5 Å². The zero-order valence-electron chi connectivity index (χ0n) is 13.0. The number of carbonyl (C=O) groups is 1. The largest absolute Gasteiger partial charge is 0.491 e. The molecule has 2 aromatic rings. The van der Waals surface area contributed by atoms with E-state index >= 15 is 0 Å². The third-order valence-corrected chi connectivity index (χ3v) is 3.05. The number of benzene rings is 2. The van der Waals surface area contributed by atoms with Gasteiger partial charge in [0, 0.05) is 5.69 Å². The van der Waals surface area contributed by atoms with Gasteiger partial charge in [-0.3, -0.25) is 4.79 Å². The van der Waals surface area contributed by atoms with E-state index in [4.69, 9.17) is 10.5 Å². The molecule has 4 heteroatoms. The van der Waals surface area contributed by atoms with E-state index in [-0.39, 0.29) is 12.3 Å². The molecule has 0 heterocycles. The average molecular weight is 298 g/mol. The van der Waals surface area contributed by atoms with Crippen molar-refractivity contribution in [3.05, 3.63) is 54.1 Å². The lowest BCUT2D eigenvalue weighted by atomic mass is 10.1. The highest BCUT2D eigenvalue weighted by molar-refractivity contribution is 5.93. The Labute approximate surface area is 131 Å². The van der Waals surface area contributed by atoms with Crippen LogP contribution in [0.1, 0.15) is 19.4 Å². The van der Waals surface area contributed by atoms with E-state index < -0.39 is 0 Å². The summed E-state index contributed by atoms with van der Waals surface area (Å²) in [6.45, 7) is 4.78. The molecule has 2 rings (SSSR count). The molecule has 0 saturated carbocycles. The third-order valence-electron chi connectivity index (χ3n) is 3.05. The van der Waals surface area contributed by atoms with Crippen molar-refractivity contribution in [3.8, 4) is 5.75 Å². The fourth-order valence-corrected chi connectivity index (χ4v) is 2.04. The molecule has 0 atom stereocenters. The van der Waals surface area contributed by atoms with Gasteiger partial charge in [0.25, 0.3) is 0 Å². The number of anilines is 2. The Kier molecular flexibility index (Phi) is 5.42. The van der Waals surface area contributed by atoms with Crippen LogP contribution in [0.4, 0.5) is 11.4 Å². The number of amides is 1. The molecule has 0 spiro atoms. The highest BCUT2D eigenvalue weighted by Gasteiger charge is 2.09. The number of nitrogens with one attached hydrogen (secondary N) is 1. The standard InChI is InChI=1S/C18H22N2O2/c1-13(2)12-22-17-9-4-3-8-16(17)20-18(21)11-14-6-5-7-15(19)10-14/h3-10,13H,11-12,19H2,1-2H3,(H,20,21). The minimum atomic E-state index is -0.0915. The predicted octanol–water partition coefficient (Wildman–Crippen LogP) is 3.48. The van der Waals surface area contributed by atoms with E-state index in [1.165, 1.54) is 0 Å². The topological polar surface area (TPSA) is 64.3 Å². The normalized spacial score (nSPS) is 10.5. The molecule has 3 N–H and O–H groups in total. The smallest absolute Gasteiger partial charge is 0.228 e. The number of ether oxygens (including phenoxy) is 1. The summed E-state index contributed by atoms with van der Waals surface area (Å²) >= 11 is 0. The first-order valence-electron chi connectivity index (χ1n) is 7.40. The number of nitrogens with two attached hydrogens (primary N) is 1. The molecule has 2 aromatic carbocycles. The molecular formula is C18H22N2O2. The molecule has 0 saturated heterocycles. The summed E-state index contributed by atoms with van der Waals surface area (Å²) in [6.07, 6.45) is 0.281. The molecule has 0 aromatic heterocycles. The zero-order valence-corrected chi connectivity index (χ0v) is 13.0. The average Bonchev–Trinajstić information content (AvgIpc) is 2.46. The highest BCUT2D eigenvalue weighted by Crippen LogP contribution is 2.24.